The van der Waals surface area contributed by atoms with Crippen molar-refractivity contribution in [3.63, 3.8) is 0 Å². The van der Waals surface area contributed by atoms with Crippen molar-refractivity contribution in [1.82, 2.24) is 0 Å². The van der Waals surface area contributed by atoms with Gasteiger partial charge in [0.2, 0.25) is 0 Å². The first-order chi connectivity index (χ1) is 12.7. The Kier molecular flexibility index (Phi) is 18.1. The molecule has 0 aliphatic carbocycles. The van der Waals surface area contributed by atoms with Gasteiger partial charge in [-0.2, -0.15) is 0 Å². The molecule has 0 heterocycles. The van der Waals surface area contributed by atoms with Gasteiger partial charge in [-0.1, -0.05) is 90.4 Å². The Morgan fingerprint density at radius 2 is 1.15 bits per heavy atom. The zero-order valence-corrected chi connectivity index (χ0v) is 18.7. The number of rotatable bonds is 17. The van der Waals surface area contributed by atoms with Crippen LogP contribution in [-0.4, -0.2) is 11.8 Å². The summed E-state index contributed by atoms with van der Waals surface area (Å²) < 4.78 is 0. The SMILES string of the molecule is CCCCCCCCCCCCCCCCNc1ccc(C(=O)Cl)cc1.Cl. The fourth-order valence-electron chi connectivity index (χ4n) is 3.27. The summed E-state index contributed by atoms with van der Waals surface area (Å²) in [6, 6.07) is 7.37. The molecule has 0 atom stereocenters. The number of unbranched alkanes of at least 4 members (excludes halogenated alkanes) is 13. The number of halogens is 2. The predicted octanol–water partition coefficient (Wildman–Crippen LogP) is 8.38. The molecule has 0 fully saturated rings. The lowest BCUT2D eigenvalue weighted by atomic mass is 10.0. The second-order valence-corrected chi connectivity index (χ2v) is 7.72. The summed E-state index contributed by atoms with van der Waals surface area (Å²) in [5.41, 5.74) is 1.61. The molecule has 0 unspecified atom stereocenters. The summed E-state index contributed by atoms with van der Waals surface area (Å²) in [7, 11) is 0. The third kappa shape index (κ3) is 14.9. The van der Waals surface area contributed by atoms with Crippen LogP contribution in [-0.2, 0) is 0 Å². The molecule has 156 valence electrons. The van der Waals surface area contributed by atoms with Crippen LogP contribution >= 0.6 is 24.0 Å². The highest BCUT2D eigenvalue weighted by Crippen LogP contribution is 2.14. The van der Waals surface area contributed by atoms with Gasteiger partial charge in [-0.25, -0.2) is 0 Å². The van der Waals surface area contributed by atoms with Gasteiger partial charge in [-0.05, 0) is 42.3 Å². The molecule has 1 aromatic rings. The molecule has 2 nitrogen and oxygen atoms in total. The fourth-order valence-corrected chi connectivity index (χ4v) is 3.40. The molecule has 0 spiro atoms. The van der Waals surface area contributed by atoms with Crippen molar-refractivity contribution in [2.75, 3.05) is 11.9 Å². The molecule has 0 aromatic heterocycles. The molecule has 0 aliphatic rings. The smallest absolute Gasteiger partial charge is 0.252 e. The molecule has 1 aromatic carbocycles. The van der Waals surface area contributed by atoms with Gasteiger partial charge in [0.05, 0.1) is 0 Å². The van der Waals surface area contributed by atoms with E-state index in [1.165, 1.54) is 89.9 Å². The van der Waals surface area contributed by atoms with Crippen molar-refractivity contribution < 1.29 is 4.79 Å². The van der Waals surface area contributed by atoms with E-state index in [1.807, 2.05) is 12.1 Å². The fraction of sp³-hybridized carbons (Fsp3) is 0.696. The molecule has 0 aliphatic heterocycles. The summed E-state index contributed by atoms with van der Waals surface area (Å²) in [6.45, 7) is 3.27. The lowest BCUT2D eigenvalue weighted by molar-refractivity contribution is 0.108. The van der Waals surface area contributed by atoms with E-state index in [4.69, 9.17) is 11.6 Å². The lowest BCUT2D eigenvalue weighted by Crippen LogP contribution is -2.01. The standard InChI is InChI=1S/C23H38ClNO.ClH/c1-2-3-4-5-6-7-8-9-10-11-12-13-14-15-20-25-22-18-16-21(17-19-22)23(24)26;/h16-19,25H,2-15,20H2,1H3;1H. The van der Waals surface area contributed by atoms with E-state index >= 15 is 0 Å². The number of carbonyl (C=O) groups is 1. The molecule has 0 radical (unpaired) electrons. The maximum atomic E-state index is 11.0. The van der Waals surface area contributed by atoms with Gasteiger partial charge in [0.15, 0.2) is 0 Å². The van der Waals surface area contributed by atoms with Crippen LogP contribution in [0.15, 0.2) is 24.3 Å². The Morgan fingerprint density at radius 1 is 0.741 bits per heavy atom. The van der Waals surface area contributed by atoms with Gasteiger partial charge in [0, 0.05) is 17.8 Å². The third-order valence-electron chi connectivity index (χ3n) is 4.97. The van der Waals surface area contributed by atoms with Crippen LogP contribution in [0.3, 0.4) is 0 Å². The maximum absolute atomic E-state index is 11.0. The Hall–Kier alpha value is -0.730. The second-order valence-electron chi connectivity index (χ2n) is 7.37. The van der Waals surface area contributed by atoms with Crippen LogP contribution in [0.1, 0.15) is 107 Å². The Bertz CT molecular complexity index is 462. The zero-order chi connectivity index (χ0) is 18.9. The van der Waals surface area contributed by atoms with E-state index in [0.717, 1.165) is 12.2 Å². The topological polar surface area (TPSA) is 29.1 Å². The van der Waals surface area contributed by atoms with Crippen LogP contribution in [0.25, 0.3) is 0 Å². The average Bonchev–Trinajstić information content (AvgIpc) is 2.65. The average molecular weight is 416 g/mol. The van der Waals surface area contributed by atoms with Crippen LogP contribution in [0.4, 0.5) is 5.69 Å². The van der Waals surface area contributed by atoms with Crippen molar-refractivity contribution in [3.8, 4) is 0 Å². The summed E-state index contributed by atoms with van der Waals surface area (Å²) in [4.78, 5) is 11.0. The van der Waals surface area contributed by atoms with E-state index in [2.05, 4.69) is 12.2 Å². The minimum atomic E-state index is -0.400. The summed E-state index contributed by atoms with van der Waals surface area (Å²) in [5.74, 6) is 0. The molecule has 0 amide bonds. The number of benzene rings is 1. The van der Waals surface area contributed by atoms with Gasteiger partial charge in [0.25, 0.3) is 5.24 Å². The molecule has 1 N–H and O–H groups in total. The molecule has 1 rings (SSSR count). The number of carbonyl (C=O) groups excluding carboxylic acids is 1. The van der Waals surface area contributed by atoms with Gasteiger partial charge >= 0.3 is 0 Å². The van der Waals surface area contributed by atoms with E-state index in [-0.39, 0.29) is 12.4 Å². The van der Waals surface area contributed by atoms with Gasteiger partial charge in [-0.15, -0.1) is 12.4 Å². The second kappa shape index (κ2) is 18.6. The minimum absolute atomic E-state index is 0. The summed E-state index contributed by atoms with van der Waals surface area (Å²) >= 11 is 5.44. The molecular formula is C23H39Cl2NO. The molecule has 0 bridgehead atoms. The largest absolute Gasteiger partial charge is 0.385 e. The van der Waals surface area contributed by atoms with E-state index in [9.17, 15) is 4.79 Å². The molecular weight excluding hydrogens is 377 g/mol. The van der Waals surface area contributed by atoms with Gasteiger partial charge in [0.1, 0.15) is 0 Å². The monoisotopic (exact) mass is 415 g/mol. The van der Waals surface area contributed by atoms with Crippen LogP contribution < -0.4 is 5.32 Å². The van der Waals surface area contributed by atoms with Crippen molar-refractivity contribution in [2.24, 2.45) is 0 Å². The highest BCUT2D eigenvalue weighted by molar-refractivity contribution is 6.67. The summed E-state index contributed by atoms with van der Waals surface area (Å²) in [5, 5.41) is 3.00. The normalized spacial score (nSPS) is 10.4. The first kappa shape index (κ1) is 26.3. The number of anilines is 1. The molecule has 0 saturated heterocycles. The van der Waals surface area contributed by atoms with E-state index < -0.39 is 5.24 Å². The van der Waals surface area contributed by atoms with Gasteiger partial charge < -0.3 is 5.32 Å². The highest BCUT2D eigenvalue weighted by atomic mass is 35.5. The van der Waals surface area contributed by atoms with Crippen molar-refractivity contribution in [2.45, 2.75) is 96.8 Å². The molecule has 27 heavy (non-hydrogen) atoms. The van der Waals surface area contributed by atoms with Crippen molar-refractivity contribution in [1.29, 1.82) is 0 Å². The van der Waals surface area contributed by atoms with Gasteiger partial charge in [-0.3, -0.25) is 4.79 Å². The summed E-state index contributed by atoms with van der Waals surface area (Å²) in [6.07, 6.45) is 19.4. The first-order valence-electron chi connectivity index (χ1n) is 10.8. The highest BCUT2D eigenvalue weighted by Gasteiger charge is 2.00. The lowest BCUT2D eigenvalue weighted by Gasteiger charge is -2.07. The van der Waals surface area contributed by atoms with Crippen molar-refractivity contribution >= 4 is 34.9 Å². The van der Waals surface area contributed by atoms with E-state index in [0.29, 0.717) is 5.56 Å². The Balaban J connectivity index is 0.00000676. The zero-order valence-electron chi connectivity index (χ0n) is 17.1. The number of hydrogen-bond acceptors (Lipinski definition) is 2. The van der Waals surface area contributed by atoms with Crippen LogP contribution in [0.5, 0.6) is 0 Å². The van der Waals surface area contributed by atoms with E-state index in [1.54, 1.807) is 12.1 Å². The third-order valence-corrected chi connectivity index (χ3v) is 5.19. The first-order valence-corrected chi connectivity index (χ1v) is 11.2. The minimum Gasteiger partial charge on any atom is -0.385 e. The van der Waals surface area contributed by atoms with Crippen LogP contribution in [0, 0.1) is 0 Å². The Labute approximate surface area is 178 Å². The maximum Gasteiger partial charge on any atom is 0.252 e. The van der Waals surface area contributed by atoms with Crippen molar-refractivity contribution in [3.05, 3.63) is 29.8 Å². The Morgan fingerprint density at radius 3 is 1.56 bits per heavy atom. The number of hydrogen-bond donors (Lipinski definition) is 1. The molecule has 4 heteroatoms. The predicted molar refractivity (Wildman–Crippen MR) is 123 cm³/mol. The quantitative estimate of drug-likeness (QED) is 0.204. The molecule has 0 saturated carbocycles. The number of nitrogens with one attached hydrogen (secondary N) is 1. The van der Waals surface area contributed by atoms with Crippen LogP contribution in [0.2, 0.25) is 0 Å².